The number of carbonyl (C=O) groups excluding carboxylic acids is 1. The molecule has 0 saturated carbocycles. The standard InChI is InChI=1S/C24H46N2O8/c1-17-22(30)23(31)20(16-28)34-24(17)33-12-8-4-7-11-25-10-6-3-5-9-21(29)26-14-19(32-2)13-18(26)15-27/h17-20,22-25,27-28,30-31H,3-16H2,1-2H3/t17?,18-,19+,20?,22?,23?,24?/m0/s1. The third kappa shape index (κ3) is 8.98. The normalized spacial score (nSPS) is 31.8. The Morgan fingerprint density at radius 1 is 1.03 bits per heavy atom. The lowest BCUT2D eigenvalue weighted by Crippen LogP contribution is -2.55. The SMILES string of the molecule is CO[C@@H]1C[C@@H](CO)N(C(=O)CCCCCNCCCCCOC2OC(CO)C(O)C(O)C2C)C1. The van der Waals surface area contributed by atoms with E-state index in [0.717, 1.165) is 51.6 Å². The zero-order chi connectivity index (χ0) is 24.9. The molecule has 1 amide bonds. The summed E-state index contributed by atoms with van der Waals surface area (Å²) in [5.74, 6) is -0.247. The molecule has 0 aromatic heterocycles. The van der Waals surface area contributed by atoms with Crippen molar-refractivity contribution in [1.29, 1.82) is 0 Å². The van der Waals surface area contributed by atoms with Gasteiger partial charge in [-0.2, -0.15) is 0 Å². The van der Waals surface area contributed by atoms with Crippen LogP contribution in [-0.2, 0) is 19.0 Å². The van der Waals surface area contributed by atoms with Crippen LogP contribution in [0.25, 0.3) is 0 Å². The third-order valence-electron chi connectivity index (χ3n) is 6.95. The summed E-state index contributed by atoms with van der Waals surface area (Å²) in [5.41, 5.74) is 0. The Hall–Kier alpha value is -0.850. The van der Waals surface area contributed by atoms with Gasteiger partial charge in [0.25, 0.3) is 0 Å². The number of amides is 1. The van der Waals surface area contributed by atoms with Crippen molar-refractivity contribution in [3.8, 4) is 0 Å². The molecule has 0 aromatic rings. The minimum absolute atomic E-state index is 0.00738. The van der Waals surface area contributed by atoms with Crippen LogP contribution in [0.4, 0.5) is 0 Å². The molecule has 0 bridgehead atoms. The van der Waals surface area contributed by atoms with Gasteiger partial charge < -0.3 is 44.9 Å². The first kappa shape index (κ1) is 29.4. The summed E-state index contributed by atoms with van der Waals surface area (Å²) in [5, 5.41) is 42.1. The van der Waals surface area contributed by atoms with Gasteiger partial charge in [0.15, 0.2) is 6.29 Å². The van der Waals surface area contributed by atoms with Crippen LogP contribution in [0.5, 0.6) is 0 Å². The molecule has 2 aliphatic rings. The van der Waals surface area contributed by atoms with E-state index in [1.165, 1.54) is 0 Å². The highest BCUT2D eigenvalue weighted by molar-refractivity contribution is 5.76. The number of aliphatic hydroxyl groups excluding tert-OH is 4. The van der Waals surface area contributed by atoms with Crippen LogP contribution in [-0.4, -0.2) is 115 Å². The van der Waals surface area contributed by atoms with Gasteiger partial charge in [-0.3, -0.25) is 4.79 Å². The van der Waals surface area contributed by atoms with E-state index in [2.05, 4.69) is 5.32 Å². The molecular weight excluding hydrogens is 444 g/mol. The van der Waals surface area contributed by atoms with Gasteiger partial charge in [0, 0.05) is 32.6 Å². The average Bonchev–Trinajstić information content (AvgIpc) is 3.28. The Kier molecular flexibility index (Phi) is 13.8. The number of rotatable bonds is 16. The summed E-state index contributed by atoms with van der Waals surface area (Å²) >= 11 is 0. The fourth-order valence-corrected chi connectivity index (χ4v) is 4.63. The van der Waals surface area contributed by atoms with Gasteiger partial charge >= 0.3 is 0 Å². The van der Waals surface area contributed by atoms with Gasteiger partial charge in [-0.1, -0.05) is 13.3 Å². The number of nitrogens with one attached hydrogen (secondary N) is 1. The molecule has 200 valence electrons. The van der Waals surface area contributed by atoms with E-state index in [0.29, 0.717) is 26.0 Å². The number of unbranched alkanes of at least 4 members (excludes halogenated alkanes) is 4. The van der Waals surface area contributed by atoms with Crippen LogP contribution in [0.15, 0.2) is 0 Å². The van der Waals surface area contributed by atoms with Crippen LogP contribution in [0.3, 0.4) is 0 Å². The van der Waals surface area contributed by atoms with Crippen molar-refractivity contribution >= 4 is 5.91 Å². The predicted octanol–water partition coefficient (Wildman–Crippen LogP) is 0.00660. The van der Waals surface area contributed by atoms with E-state index < -0.39 is 24.6 Å². The van der Waals surface area contributed by atoms with Crippen molar-refractivity contribution in [2.75, 3.05) is 46.6 Å². The highest BCUT2D eigenvalue weighted by Gasteiger charge is 2.42. The molecule has 2 rings (SSSR count). The van der Waals surface area contributed by atoms with Gasteiger partial charge in [0.1, 0.15) is 12.2 Å². The molecule has 2 fully saturated rings. The predicted molar refractivity (Wildman–Crippen MR) is 126 cm³/mol. The highest BCUT2D eigenvalue weighted by atomic mass is 16.7. The summed E-state index contributed by atoms with van der Waals surface area (Å²) < 4.78 is 16.6. The minimum Gasteiger partial charge on any atom is -0.394 e. The zero-order valence-corrected chi connectivity index (χ0v) is 20.8. The van der Waals surface area contributed by atoms with Crippen LogP contribution in [0.1, 0.15) is 58.3 Å². The van der Waals surface area contributed by atoms with E-state index in [-0.39, 0.29) is 37.2 Å². The second kappa shape index (κ2) is 16.0. The molecule has 5 N–H and O–H groups in total. The topological polar surface area (TPSA) is 141 Å². The summed E-state index contributed by atoms with van der Waals surface area (Å²) in [6.45, 7) is 4.34. The van der Waals surface area contributed by atoms with Crippen LogP contribution >= 0.6 is 0 Å². The monoisotopic (exact) mass is 490 g/mol. The molecule has 2 aliphatic heterocycles. The van der Waals surface area contributed by atoms with Gasteiger partial charge in [-0.15, -0.1) is 0 Å². The number of hydrogen-bond donors (Lipinski definition) is 5. The fraction of sp³-hybridized carbons (Fsp3) is 0.958. The highest BCUT2D eigenvalue weighted by Crippen LogP contribution is 2.27. The number of carbonyl (C=O) groups is 1. The lowest BCUT2D eigenvalue weighted by atomic mass is 9.92. The lowest BCUT2D eigenvalue weighted by Gasteiger charge is -2.40. The largest absolute Gasteiger partial charge is 0.394 e. The molecule has 5 unspecified atom stereocenters. The molecule has 34 heavy (non-hydrogen) atoms. The van der Waals surface area contributed by atoms with Crippen molar-refractivity contribution in [3.05, 3.63) is 0 Å². The maximum absolute atomic E-state index is 12.4. The smallest absolute Gasteiger partial charge is 0.222 e. The van der Waals surface area contributed by atoms with Gasteiger partial charge in [0.2, 0.25) is 5.91 Å². The molecule has 10 nitrogen and oxygen atoms in total. The van der Waals surface area contributed by atoms with Crippen molar-refractivity contribution in [1.82, 2.24) is 10.2 Å². The number of nitrogens with zero attached hydrogens (tertiary/aromatic N) is 1. The van der Waals surface area contributed by atoms with Crippen LogP contribution in [0, 0.1) is 5.92 Å². The Morgan fingerprint density at radius 2 is 1.74 bits per heavy atom. The fourth-order valence-electron chi connectivity index (χ4n) is 4.63. The zero-order valence-electron chi connectivity index (χ0n) is 20.8. The molecule has 0 aromatic carbocycles. The number of likely N-dealkylation sites (tertiary alicyclic amines) is 1. The Balaban J connectivity index is 1.42. The van der Waals surface area contributed by atoms with Gasteiger partial charge in [-0.25, -0.2) is 0 Å². The number of aliphatic hydroxyl groups is 4. The second-order valence-corrected chi connectivity index (χ2v) is 9.53. The van der Waals surface area contributed by atoms with E-state index in [1.54, 1.807) is 18.9 Å². The third-order valence-corrected chi connectivity index (χ3v) is 6.95. The Morgan fingerprint density at radius 3 is 2.38 bits per heavy atom. The molecule has 2 saturated heterocycles. The van der Waals surface area contributed by atoms with Crippen LogP contribution in [0.2, 0.25) is 0 Å². The van der Waals surface area contributed by atoms with Crippen molar-refractivity contribution in [2.24, 2.45) is 5.92 Å². The van der Waals surface area contributed by atoms with Crippen LogP contribution < -0.4 is 5.32 Å². The second-order valence-electron chi connectivity index (χ2n) is 9.53. The number of hydrogen-bond acceptors (Lipinski definition) is 9. The molecule has 2 heterocycles. The first-order valence-electron chi connectivity index (χ1n) is 12.8. The maximum atomic E-state index is 12.4. The van der Waals surface area contributed by atoms with Gasteiger partial charge in [-0.05, 0) is 51.6 Å². The van der Waals surface area contributed by atoms with Crippen molar-refractivity contribution < 1.29 is 39.4 Å². The number of ether oxygens (including phenoxy) is 3. The molecule has 7 atom stereocenters. The lowest BCUT2D eigenvalue weighted by molar-refractivity contribution is -0.282. The van der Waals surface area contributed by atoms with Crippen molar-refractivity contribution in [2.45, 2.75) is 95.0 Å². The molecule has 0 radical (unpaired) electrons. The van der Waals surface area contributed by atoms with E-state index in [4.69, 9.17) is 14.2 Å². The Bertz CT molecular complexity index is 567. The van der Waals surface area contributed by atoms with E-state index in [9.17, 15) is 25.2 Å². The Labute approximate surface area is 203 Å². The maximum Gasteiger partial charge on any atom is 0.222 e. The minimum atomic E-state index is -1.10. The average molecular weight is 491 g/mol. The summed E-state index contributed by atoms with van der Waals surface area (Å²) in [6.07, 6.45) is 3.52. The first-order chi connectivity index (χ1) is 16.4. The van der Waals surface area contributed by atoms with Crippen molar-refractivity contribution in [3.63, 3.8) is 0 Å². The van der Waals surface area contributed by atoms with E-state index >= 15 is 0 Å². The quantitative estimate of drug-likeness (QED) is 0.189. The summed E-state index contributed by atoms with van der Waals surface area (Å²) in [7, 11) is 1.65. The number of methoxy groups -OCH3 is 1. The molecule has 0 aliphatic carbocycles. The first-order valence-corrected chi connectivity index (χ1v) is 12.8. The molecular formula is C24H46N2O8. The molecule has 0 spiro atoms. The summed E-state index contributed by atoms with van der Waals surface area (Å²) in [6, 6.07) is -0.111. The molecule has 10 heteroatoms. The van der Waals surface area contributed by atoms with E-state index in [1.807, 2.05) is 0 Å². The summed E-state index contributed by atoms with van der Waals surface area (Å²) in [4.78, 5) is 14.2. The van der Waals surface area contributed by atoms with Gasteiger partial charge in [0.05, 0.1) is 31.5 Å².